The van der Waals surface area contributed by atoms with Crippen LogP contribution in [0.1, 0.15) is 25.5 Å². The van der Waals surface area contributed by atoms with E-state index in [-0.39, 0.29) is 0 Å². The van der Waals surface area contributed by atoms with Gasteiger partial charge in [-0.25, -0.2) is 4.98 Å². The van der Waals surface area contributed by atoms with Crippen LogP contribution in [0.2, 0.25) is 0 Å². The molecule has 0 fully saturated rings. The first kappa shape index (κ1) is 11.0. The Bertz CT molecular complexity index is 258. The lowest BCUT2D eigenvalue weighted by atomic mass is 9.93. The highest BCUT2D eigenvalue weighted by Gasteiger charge is 2.16. The molecule has 74 valence electrons. The summed E-state index contributed by atoms with van der Waals surface area (Å²) in [6.07, 6.45) is 2.05. The summed E-state index contributed by atoms with van der Waals surface area (Å²) in [6, 6.07) is 0. The lowest BCUT2D eigenvalue weighted by molar-refractivity contribution is 0.496. The second-order valence-corrected chi connectivity index (χ2v) is 5.24. The van der Waals surface area contributed by atoms with Gasteiger partial charge in [-0.05, 0) is 12.2 Å². The molecule has 1 heterocycles. The Kier molecular flexibility index (Phi) is 4.22. The van der Waals surface area contributed by atoms with Gasteiger partial charge in [0.25, 0.3) is 0 Å². The second-order valence-electron chi connectivity index (χ2n) is 3.33. The van der Waals surface area contributed by atoms with Crippen LogP contribution in [0.25, 0.3) is 0 Å². The molecule has 0 spiro atoms. The maximum absolute atomic E-state index is 5.71. The smallest absolute Gasteiger partial charge is 0.149 e. The zero-order valence-electron chi connectivity index (χ0n) is 8.28. The quantitative estimate of drug-likeness (QED) is 0.786. The van der Waals surface area contributed by atoms with Crippen molar-refractivity contribution in [1.82, 2.24) is 4.98 Å². The van der Waals surface area contributed by atoms with E-state index in [4.69, 9.17) is 5.73 Å². The molecule has 2 N–H and O–H groups in total. The summed E-state index contributed by atoms with van der Waals surface area (Å²) >= 11 is 3.40. The van der Waals surface area contributed by atoms with Crippen LogP contribution in [0.3, 0.4) is 0 Å². The van der Waals surface area contributed by atoms with Crippen molar-refractivity contribution in [3.8, 4) is 0 Å². The van der Waals surface area contributed by atoms with Crippen LogP contribution in [-0.2, 0) is 0 Å². The molecule has 1 atom stereocenters. The Morgan fingerprint density at radius 2 is 2.31 bits per heavy atom. The molecule has 0 saturated heterocycles. The van der Waals surface area contributed by atoms with E-state index in [1.807, 2.05) is 0 Å². The lowest BCUT2D eigenvalue weighted by Gasteiger charge is -2.15. The molecule has 0 bridgehead atoms. The summed E-state index contributed by atoms with van der Waals surface area (Å²) < 4.78 is 1.13. The predicted molar refractivity (Wildman–Crippen MR) is 60.5 cm³/mol. The van der Waals surface area contributed by atoms with E-state index in [0.29, 0.717) is 18.4 Å². The molecule has 1 aromatic rings. The second kappa shape index (κ2) is 4.98. The Balaban J connectivity index is 2.79. The Morgan fingerprint density at radius 1 is 1.62 bits per heavy atom. The summed E-state index contributed by atoms with van der Waals surface area (Å²) in [5.74, 6) is 0.985. The minimum absolute atomic E-state index is 0.414. The monoisotopic (exact) mass is 216 g/mol. The van der Waals surface area contributed by atoms with Gasteiger partial charge in [0.2, 0.25) is 0 Å². The number of aromatic nitrogens is 1. The van der Waals surface area contributed by atoms with Crippen LogP contribution < -0.4 is 5.73 Å². The van der Waals surface area contributed by atoms with Crippen molar-refractivity contribution in [2.75, 3.05) is 12.8 Å². The van der Waals surface area contributed by atoms with Crippen molar-refractivity contribution < 1.29 is 0 Å². The van der Waals surface area contributed by atoms with E-state index in [2.05, 4.69) is 30.5 Å². The van der Waals surface area contributed by atoms with Crippen LogP contribution in [0, 0.1) is 5.92 Å². The molecular formula is C9H16N2S2. The standard InChI is InChI=1S/C9H16N2S2/c1-6(2)7(4-10)8-5-13-9(11-8)12-3/h5-7H,4,10H2,1-3H3. The van der Waals surface area contributed by atoms with Crippen molar-refractivity contribution in [3.05, 3.63) is 11.1 Å². The topological polar surface area (TPSA) is 38.9 Å². The number of thiazole rings is 1. The summed E-state index contributed by atoms with van der Waals surface area (Å²) in [5, 5.41) is 2.13. The highest BCUT2D eigenvalue weighted by atomic mass is 32.2. The Labute approximate surface area is 87.9 Å². The van der Waals surface area contributed by atoms with Gasteiger partial charge >= 0.3 is 0 Å². The highest BCUT2D eigenvalue weighted by Crippen LogP contribution is 2.28. The van der Waals surface area contributed by atoms with Gasteiger partial charge in [-0.15, -0.1) is 11.3 Å². The van der Waals surface area contributed by atoms with Crippen molar-refractivity contribution in [3.63, 3.8) is 0 Å². The number of hydrogen-bond acceptors (Lipinski definition) is 4. The van der Waals surface area contributed by atoms with E-state index in [1.165, 1.54) is 0 Å². The van der Waals surface area contributed by atoms with Crippen molar-refractivity contribution in [2.45, 2.75) is 24.1 Å². The van der Waals surface area contributed by atoms with E-state index < -0.39 is 0 Å². The van der Waals surface area contributed by atoms with Gasteiger partial charge in [-0.3, -0.25) is 0 Å². The maximum atomic E-state index is 5.71. The van der Waals surface area contributed by atoms with Gasteiger partial charge in [-0.2, -0.15) is 0 Å². The highest BCUT2D eigenvalue weighted by molar-refractivity contribution is 8.00. The zero-order valence-corrected chi connectivity index (χ0v) is 9.91. The molecule has 0 aliphatic carbocycles. The molecule has 2 nitrogen and oxygen atoms in total. The van der Waals surface area contributed by atoms with Gasteiger partial charge < -0.3 is 5.73 Å². The summed E-state index contributed by atoms with van der Waals surface area (Å²) in [4.78, 5) is 4.52. The largest absolute Gasteiger partial charge is 0.330 e. The van der Waals surface area contributed by atoms with Gasteiger partial charge in [0.15, 0.2) is 0 Å². The first-order valence-corrected chi connectivity index (χ1v) is 6.49. The minimum Gasteiger partial charge on any atom is -0.330 e. The van der Waals surface area contributed by atoms with Crippen LogP contribution in [0.4, 0.5) is 0 Å². The fraction of sp³-hybridized carbons (Fsp3) is 0.667. The van der Waals surface area contributed by atoms with Crippen LogP contribution in [0.5, 0.6) is 0 Å². The Hall–Kier alpha value is -0.0600. The van der Waals surface area contributed by atoms with Crippen LogP contribution in [-0.4, -0.2) is 17.8 Å². The normalized spacial score (nSPS) is 13.6. The molecule has 0 aliphatic rings. The summed E-state index contributed by atoms with van der Waals surface area (Å²) in [6.45, 7) is 5.07. The van der Waals surface area contributed by atoms with Crippen LogP contribution >= 0.6 is 23.1 Å². The lowest BCUT2D eigenvalue weighted by Crippen LogP contribution is -2.18. The average molecular weight is 216 g/mol. The van der Waals surface area contributed by atoms with Gasteiger partial charge in [0.1, 0.15) is 4.34 Å². The van der Waals surface area contributed by atoms with Crippen molar-refractivity contribution in [2.24, 2.45) is 11.7 Å². The molecule has 4 heteroatoms. The Morgan fingerprint density at radius 3 is 2.69 bits per heavy atom. The molecule has 13 heavy (non-hydrogen) atoms. The van der Waals surface area contributed by atoms with Gasteiger partial charge in [0.05, 0.1) is 5.69 Å². The molecule has 0 aliphatic heterocycles. The van der Waals surface area contributed by atoms with Gasteiger partial charge in [0, 0.05) is 17.8 Å². The molecule has 0 radical (unpaired) electrons. The first-order chi connectivity index (χ1) is 6.19. The molecule has 1 rings (SSSR count). The van der Waals surface area contributed by atoms with Crippen molar-refractivity contribution in [1.29, 1.82) is 0 Å². The third-order valence-corrected chi connectivity index (χ3v) is 4.00. The van der Waals surface area contributed by atoms with Crippen molar-refractivity contribution >= 4 is 23.1 Å². The van der Waals surface area contributed by atoms with Gasteiger partial charge in [-0.1, -0.05) is 25.6 Å². The first-order valence-electron chi connectivity index (χ1n) is 4.38. The minimum atomic E-state index is 0.414. The van der Waals surface area contributed by atoms with E-state index >= 15 is 0 Å². The molecule has 0 saturated carbocycles. The van der Waals surface area contributed by atoms with Crippen LogP contribution in [0.15, 0.2) is 9.72 Å². The molecule has 1 aromatic heterocycles. The molecule has 0 aromatic carbocycles. The zero-order chi connectivity index (χ0) is 9.84. The van der Waals surface area contributed by atoms with E-state index in [0.717, 1.165) is 10.0 Å². The average Bonchev–Trinajstić information content (AvgIpc) is 2.53. The fourth-order valence-corrected chi connectivity index (χ4v) is 2.60. The SMILES string of the molecule is CSc1nc(C(CN)C(C)C)cs1. The number of thioether (sulfide) groups is 1. The maximum Gasteiger partial charge on any atom is 0.149 e. The number of rotatable bonds is 4. The number of hydrogen-bond donors (Lipinski definition) is 1. The summed E-state index contributed by atoms with van der Waals surface area (Å²) in [7, 11) is 0. The van der Waals surface area contributed by atoms with E-state index in [1.54, 1.807) is 23.1 Å². The fourth-order valence-electron chi connectivity index (χ4n) is 1.27. The number of nitrogens with zero attached hydrogens (tertiary/aromatic N) is 1. The molecule has 0 amide bonds. The molecular weight excluding hydrogens is 200 g/mol. The molecule has 1 unspecified atom stereocenters. The third-order valence-electron chi connectivity index (χ3n) is 2.11. The number of nitrogens with two attached hydrogens (primary N) is 1. The third kappa shape index (κ3) is 2.69. The predicted octanol–water partition coefficient (Wildman–Crippen LogP) is 2.56. The summed E-state index contributed by atoms with van der Waals surface area (Å²) in [5.41, 5.74) is 6.87. The van der Waals surface area contributed by atoms with E-state index in [9.17, 15) is 0 Å².